The van der Waals surface area contributed by atoms with E-state index in [2.05, 4.69) is 15.0 Å². The summed E-state index contributed by atoms with van der Waals surface area (Å²) in [4.78, 5) is 23.2. The number of nitrogens with zero attached hydrogens (tertiary/aromatic N) is 3. The minimum Gasteiger partial charge on any atom is -0.394 e. The Hall–Kier alpha value is -3.57. The largest absolute Gasteiger partial charge is 0.394 e. The van der Waals surface area contributed by atoms with Gasteiger partial charge in [0.15, 0.2) is 17.4 Å². The summed E-state index contributed by atoms with van der Waals surface area (Å²) in [6.45, 7) is 0.347. The van der Waals surface area contributed by atoms with Gasteiger partial charge in [0.05, 0.1) is 26.1 Å². The van der Waals surface area contributed by atoms with E-state index >= 15 is 0 Å². The fourth-order valence-corrected chi connectivity index (χ4v) is 4.12. The highest BCUT2D eigenvalue weighted by molar-refractivity contribution is 5.70. The van der Waals surface area contributed by atoms with Crippen LogP contribution in [0.3, 0.4) is 0 Å². The molecule has 4 atom stereocenters. The number of imidazole rings is 1. The molecule has 0 spiro atoms. The Balaban J connectivity index is 1.48. The number of H-pyrrole nitrogens is 1. The standard InChI is InChI=1S/C24H25N5O5/c25-24-27-21-18(22(31)28-24)26-14-29(21)23-20(33-13-16-9-5-2-6-10-16)19(17(11-30)34-23)32-12-15-7-3-1-4-8-15/h1-10,14,17,19-20,23,30H,11-13H2,(H3,25,27,28,31)/t17-,19-,20+,23-/m1/s1. The van der Waals surface area contributed by atoms with Crippen LogP contribution in [-0.2, 0) is 27.4 Å². The lowest BCUT2D eigenvalue weighted by atomic mass is 10.1. The van der Waals surface area contributed by atoms with Crippen molar-refractivity contribution in [3.05, 3.63) is 88.5 Å². The van der Waals surface area contributed by atoms with Gasteiger partial charge in [0.2, 0.25) is 5.95 Å². The number of aliphatic hydroxyl groups excluding tert-OH is 1. The molecule has 0 unspecified atom stereocenters. The second-order valence-corrected chi connectivity index (χ2v) is 8.05. The van der Waals surface area contributed by atoms with Crippen molar-refractivity contribution in [2.24, 2.45) is 0 Å². The molecule has 1 fully saturated rings. The number of ether oxygens (including phenoxy) is 3. The Labute approximate surface area is 194 Å². The minimum atomic E-state index is -0.750. The van der Waals surface area contributed by atoms with E-state index in [4.69, 9.17) is 19.9 Å². The first kappa shape index (κ1) is 22.2. The Morgan fingerprint density at radius 3 is 2.24 bits per heavy atom. The molecule has 4 aromatic rings. The van der Waals surface area contributed by atoms with E-state index in [1.807, 2.05) is 60.7 Å². The van der Waals surface area contributed by atoms with Crippen molar-refractivity contribution >= 4 is 17.1 Å². The van der Waals surface area contributed by atoms with Crippen molar-refractivity contribution in [1.29, 1.82) is 0 Å². The molecule has 34 heavy (non-hydrogen) atoms. The molecule has 1 saturated heterocycles. The number of aromatic amines is 1. The first-order chi connectivity index (χ1) is 16.6. The fourth-order valence-electron chi connectivity index (χ4n) is 4.12. The van der Waals surface area contributed by atoms with Crippen LogP contribution in [0.15, 0.2) is 71.8 Å². The molecule has 3 heterocycles. The second kappa shape index (κ2) is 9.74. The summed E-state index contributed by atoms with van der Waals surface area (Å²) in [5, 5.41) is 10.1. The number of anilines is 1. The number of aliphatic hydroxyl groups is 1. The number of hydrogen-bond donors (Lipinski definition) is 3. The van der Waals surface area contributed by atoms with Crippen LogP contribution >= 0.6 is 0 Å². The molecule has 10 nitrogen and oxygen atoms in total. The van der Waals surface area contributed by atoms with Crippen molar-refractivity contribution in [2.75, 3.05) is 12.3 Å². The molecular formula is C24H25N5O5. The van der Waals surface area contributed by atoms with Gasteiger partial charge in [-0.1, -0.05) is 60.7 Å². The van der Waals surface area contributed by atoms with Gasteiger partial charge >= 0.3 is 0 Å². The average molecular weight is 463 g/mol. The zero-order chi connectivity index (χ0) is 23.5. The molecule has 0 saturated carbocycles. The first-order valence-corrected chi connectivity index (χ1v) is 10.9. The molecular weight excluding hydrogens is 438 g/mol. The molecule has 0 bridgehead atoms. The van der Waals surface area contributed by atoms with Gasteiger partial charge in [-0.25, -0.2) is 4.98 Å². The number of nitrogen functional groups attached to an aromatic ring is 1. The van der Waals surface area contributed by atoms with Crippen molar-refractivity contribution in [2.45, 2.75) is 37.8 Å². The molecule has 2 aromatic carbocycles. The molecule has 5 rings (SSSR count). The number of benzene rings is 2. The quantitative estimate of drug-likeness (QED) is 0.359. The highest BCUT2D eigenvalue weighted by atomic mass is 16.6. The highest BCUT2D eigenvalue weighted by Crippen LogP contribution is 2.36. The van der Waals surface area contributed by atoms with Crippen LogP contribution in [0.25, 0.3) is 11.2 Å². The summed E-state index contributed by atoms with van der Waals surface area (Å²) in [6, 6.07) is 19.5. The van der Waals surface area contributed by atoms with Crippen molar-refractivity contribution in [1.82, 2.24) is 19.5 Å². The van der Waals surface area contributed by atoms with Gasteiger partial charge in [0, 0.05) is 0 Å². The van der Waals surface area contributed by atoms with Crippen LogP contribution in [0.1, 0.15) is 17.4 Å². The van der Waals surface area contributed by atoms with Crippen LogP contribution < -0.4 is 11.3 Å². The Bertz CT molecular complexity index is 1290. The van der Waals surface area contributed by atoms with E-state index in [1.165, 1.54) is 6.33 Å². The lowest BCUT2D eigenvalue weighted by molar-refractivity contribution is -0.0899. The third-order valence-electron chi connectivity index (χ3n) is 5.76. The van der Waals surface area contributed by atoms with E-state index < -0.39 is 30.1 Å². The highest BCUT2D eigenvalue weighted by Gasteiger charge is 2.47. The van der Waals surface area contributed by atoms with Gasteiger partial charge in [-0.05, 0) is 11.1 Å². The maximum atomic E-state index is 12.3. The Morgan fingerprint density at radius 2 is 1.62 bits per heavy atom. The number of nitrogens with two attached hydrogens (primary N) is 1. The molecule has 1 aliphatic rings. The van der Waals surface area contributed by atoms with Gasteiger partial charge in [-0.3, -0.25) is 14.3 Å². The van der Waals surface area contributed by atoms with Gasteiger partial charge in [-0.15, -0.1) is 0 Å². The van der Waals surface area contributed by atoms with Crippen molar-refractivity contribution in [3.63, 3.8) is 0 Å². The van der Waals surface area contributed by atoms with Crippen molar-refractivity contribution in [3.8, 4) is 0 Å². The van der Waals surface area contributed by atoms with E-state index in [1.54, 1.807) is 4.57 Å². The average Bonchev–Trinajstić information content (AvgIpc) is 3.43. The Morgan fingerprint density at radius 1 is 1.00 bits per heavy atom. The normalized spacial score (nSPS) is 22.4. The summed E-state index contributed by atoms with van der Waals surface area (Å²) in [5.74, 6) is -0.0328. The molecule has 0 aliphatic carbocycles. The summed E-state index contributed by atoms with van der Waals surface area (Å²) in [6.07, 6.45) is -1.16. The SMILES string of the molecule is Nc1nc2c(ncn2[C@@H]2O[C@H](CO)[C@@H](OCc3ccccc3)[C@@H]2OCc2ccccc2)c(=O)[nH]1. The lowest BCUT2D eigenvalue weighted by Gasteiger charge is -2.25. The first-order valence-electron chi connectivity index (χ1n) is 10.9. The Kier molecular flexibility index (Phi) is 6.37. The molecule has 0 radical (unpaired) electrons. The van der Waals surface area contributed by atoms with Gasteiger partial charge < -0.3 is 25.1 Å². The third kappa shape index (κ3) is 4.44. The molecule has 176 valence electrons. The van der Waals surface area contributed by atoms with E-state index in [0.717, 1.165) is 11.1 Å². The maximum Gasteiger partial charge on any atom is 0.280 e. The molecule has 4 N–H and O–H groups in total. The number of rotatable bonds is 8. The summed E-state index contributed by atoms with van der Waals surface area (Å²) >= 11 is 0. The van der Waals surface area contributed by atoms with Crippen molar-refractivity contribution < 1.29 is 19.3 Å². The number of aromatic nitrogens is 4. The molecule has 1 aliphatic heterocycles. The number of nitrogens with one attached hydrogen (secondary N) is 1. The summed E-state index contributed by atoms with van der Waals surface area (Å²) in [7, 11) is 0. The lowest BCUT2D eigenvalue weighted by Crippen LogP contribution is -2.38. The molecule has 0 amide bonds. The monoisotopic (exact) mass is 463 g/mol. The topological polar surface area (TPSA) is 138 Å². The van der Waals surface area contributed by atoms with Gasteiger partial charge in [0.25, 0.3) is 5.56 Å². The van der Waals surface area contributed by atoms with Gasteiger partial charge in [-0.2, -0.15) is 4.98 Å². The predicted octanol–water partition coefficient (Wildman–Crippen LogP) is 1.76. The number of hydrogen-bond acceptors (Lipinski definition) is 8. The van der Waals surface area contributed by atoms with Crippen LogP contribution in [-0.4, -0.2) is 49.5 Å². The minimum absolute atomic E-state index is 0.0328. The zero-order valence-corrected chi connectivity index (χ0v) is 18.3. The van der Waals surface area contributed by atoms with E-state index in [9.17, 15) is 9.90 Å². The van der Waals surface area contributed by atoms with Crippen LogP contribution in [0.2, 0.25) is 0 Å². The molecule has 10 heteroatoms. The number of fused-ring (bicyclic) bond motifs is 1. The van der Waals surface area contributed by atoms with Gasteiger partial charge in [0.1, 0.15) is 18.3 Å². The van der Waals surface area contributed by atoms with E-state index in [-0.39, 0.29) is 23.7 Å². The maximum absolute atomic E-state index is 12.3. The summed E-state index contributed by atoms with van der Waals surface area (Å²) in [5.41, 5.74) is 7.68. The van der Waals surface area contributed by atoms with Crippen LogP contribution in [0, 0.1) is 0 Å². The van der Waals surface area contributed by atoms with Crippen LogP contribution in [0.5, 0.6) is 0 Å². The molecule has 2 aromatic heterocycles. The third-order valence-corrected chi connectivity index (χ3v) is 5.76. The van der Waals surface area contributed by atoms with E-state index in [0.29, 0.717) is 13.2 Å². The smallest absolute Gasteiger partial charge is 0.280 e. The predicted molar refractivity (Wildman–Crippen MR) is 124 cm³/mol. The second-order valence-electron chi connectivity index (χ2n) is 8.05. The fraction of sp³-hybridized carbons (Fsp3) is 0.292. The summed E-state index contributed by atoms with van der Waals surface area (Å²) < 4.78 is 20.3. The van der Waals surface area contributed by atoms with Crippen LogP contribution in [0.4, 0.5) is 5.95 Å². The zero-order valence-electron chi connectivity index (χ0n) is 18.3.